The summed E-state index contributed by atoms with van der Waals surface area (Å²) in [5, 5.41) is 3.02. The summed E-state index contributed by atoms with van der Waals surface area (Å²) >= 11 is 0. The molecule has 2 heterocycles. The molecule has 6 nitrogen and oxygen atoms in total. The summed E-state index contributed by atoms with van der Waals surface area (Å²) in [4.78, 5) is 25.9. The summed E-state index contributed by atoms with van der Waals surface area (Å²) < 4.78 is 11.5. The molecule has 1 spiro atoms. The minimum Gasteiger partial charge on any atom is -0.496 e. The first kappa shape index (κ1) is 19.7. The van der Waals surface area contributed by atoms with Gasteiger partial charge >= 0.3 is 0 Å². The number of likely N-dealkylation sites (tertiary alicyclic amines) is 1. The summed E-state index contributed by atoms with van der Waals surface area (Å²) in [6.45, 7) is 4.30. The van der Waals surface area contributed by atoms with Crippen LogP contribution in [-0.4, -0.2) is 49.1 Å². The minimum absolute atomic E-state index is 0.0733. The van der Waals surface area contributed by atoms with Crippen molar-refractivity contribution >= 4 is 11.8 Å². The lowest BCUT2D eigenvalue weighted by Gasteiger charge is -2.46. The summed E-state index contributed by atoms with van der Waals surface area (Å²) in [7, 11) is 1.64. The van der Waals surface area contributed by atoms with Crippen molar-refractivity contribution in [3.05, 3.63) is 29.8 Å². The van der Waals surface area contributed by atoms with Crippen LogP contribution in [0.25, 0.3) is 0 Å². The van der Waals surface area contributed by atoms with Gasteiger partial charge < -0.3 is 19.7 Å². The molecular formula is C21H30N2O4. The van der Waals surface area contributed by atoms with E-state index in [4.69, 9.17) is 9.47 Å². The van der Waals surface area contributed by atoms with Crippen LogP contribution in [0.1, 0.15) is 44.6 Å². The van der Waals surface area contributed by atoms with Gasteiger partial charge in [0.2, 0.25) is 11.8 Å². The van der Waals surface area contributed by atoms with Crippen LogP contribution in [-0.2, 0) is 20.9 Å². The van der Waals surface area contributed by atoms with Gasteiger partial charge in [0, 0.05) is 45.1 Å². The molecule has 0 bridgehead atoms. The smallest absolute Gasteiger partial charge is 0.220 e. The molecule has 0 aromatic heterocycles. The molecular weight excluding hydrogens is 344 g/mol. The van der Waals surface area contributed by atoms with Crippen molar-refractivity contribution in [2.45, 2.75) is 51.2 Å². The summed E-state index contributed by atoms with van der Waals surface area (Å²) in [5.41, 5.74) is 0.825. The number of rotatable bonds is 5. The van der Waals surface area contributed by atoms with E-state index < -0.39 is 0 Å². The zero-order valence-corrected chi connectivity index (χ0v) is 16.3. The van der Waals surface area contributed by atoms with Crippen molar-refractivity contribution in [3.8, 4) is 5.75 Å². The number of methoxy groups -OCH3 is 1. The molecule has 1 aromatic rings. The molecule has 2 amide bonds. The topological polar surface area (TPSA) is 67.9 Å². The molecule has 2 saturated heterocycles. The second-order valence-corrected chi connectivity index (χ2v) is 7.69. The maximum atomic E-state index is 12.5. The Morgan fingerprint density at radius 3 is 2.74 bits per heavy atom. The number of para-hydroxylation sites is 1. The number of nitrogens with zero attached hydrogens (tertiary/aromatic N) is 1. The highest BCUT2D eigenvalue weighted by molar-refractivity contribution is 5.76. The van der Waals surface area contributed by atoms with Gasteiger partial charge in [0.05, 0.1) is 12.7 Å². The number of benzene rings is 1. The van der Waals surface area contributed by atoms with Gasteiger partial charge in [-0.2, -0.15) is 0 Å². The van der Waals surface area contributed by atoms with E-state index in [1.165, 1.54) is 0 Å². The Bertz CT molecular complexity index is 668. The van der Waals surface area contributed by atoms with Gasteiger partial charge in [-0.25, -0.2) is 0 Å². The van der Waals surface area contributed by atoms with Crippen LogP contribution < -0.4 is 10.1 Å². The van der Waals surface area contributed by atoms with E-state index in [-0.39, 0.29) is 17.4 Å². The van der Waals surface area contributed by atoms with Crippen molar-refractivity contribution in [1.82, 2.24) is 10.2 Å². The first-order valence-electron chi connectivity index (χ1n) is 9.79. The normalized spacial score (nSPS) is 21.7. The second-order valence-electron chi connectivity index (χ2n) is 7.69. The van der Waals surface area contributed by atoms with Crippen molar-refractivity contribution in [1.29, 1.82) is 0 Å². The lowest BCUT2D eigenvalue weighted by atomic mass is 9.78. The average Bonchev–Trinajstić information content (AvgIpc) is 2.67. The third-order valence-corrected chi connectivity index (χ3v) is 5.86. The molecule has 3 rings (SSSR count). The maximum Gasteiger partial charge on any atom is 0.220 e. The Labute approximate surface area is 161 Å². The highest BCUT2D eigenvalue weighted by Gasteiger charge is 2.41. The molecule has 1 N–H and O–H groups in total. The second kappa shape index (κ2) is 8.74. The number of carbonyl (C=O) groups excluding carboxylic acids is 2. The molecule has 0 radical (unpaired) electrons. The Morgan fingerprint density at radius 1 is 1.30 bits per heavy atom. The first-order chi connectivity index (χ1) is 13.0. The third-order valence-electron chi connectivity index (χ3n) is 5.86. The van der Waals surface area contributed by atoms with Crippen molar-refractivity contribution in [2.75, 3.05) is 26.8 Å². The fourth-order valence-corrected chi connectivity index (χ4v) is 4.26. The van der Waals surface area contributed by atoms with Crippen molar-refractivity contribution in [3.63, 3.8) is 0 Å². The van der Waals surface area contributed by atoms with Crippen LogP contribution >= 0.6 is 0 Å². The number of hydrogen-bond acceptors (Lipinski definition) is 4. The average molecular weight is 374 g/mol. The molecule has 27 heavy (non-hydrogen) atoms. The van der Waals surface area contributed by atoms with Gasteiger partial charge in [-0.05, 0) is 37.7 Å². The SMILES string of the molecule is COc1ccccc1CNC(=O)CC1CCOC2(CCN(C(C)=O)CC2)C1. The molecule has 6 heteroatoms. The molecule has 0 saturated carbocycles. The van der Waals surface area contributed by atoms with Crippen LogP contribution in [0, 0.1) is 5.92 Å². The van der Waals surface area contributed by atoms with Gasteiger partial charge in [-0.1, -0.05) is 18.2 Å². The Kier molecular flexibility index (Phi) is 6.37. The zero-order valence-electron chi connectivity index (χ0n) is 16.3. The van der Waals surface area contributed by atoms with Gasteiger partial charge in [0.15, 0.2) is 0 Å². The molecule has 0 aliphatic carbocycles. The Morgan fingerprint density at radius 2 is 2.04 bits per heavy atom. The van der Waals surface area contributed by atoms with Crippen molar-refractivity contribution < 1.29 is 19.1 Å². The van der Waals surface area contributed by atoms with Crippen LogP contribution in [0.4, 0.5) is 0 Å². The van der Waals surface area contributed by atoms with E-state index in [1.807, 2.05) is 29.2 Å². The Hall–Kier alpha value is -2.08. The number of carbonyl (C=O) groups is 2. The standard InChI is InChI=1S/C21H30N2O4/c1-16(24)23-10-8-21(9-11-23)14-17(7-12-27-21)13-20(25)22-15-18-5-3-4-6-19(18)26-2/h3-6,17H,7-15H2,1-2H3,(H,22,25). The van der Waals surface area contributed by atoms with Crippen LogP contribution in [0.2, 0.25) is 0 Å². The van der Waals surface area contributed by atoms with Gasteiger partial charge in [0.1, 0.15) is 5.75 Å². The third kappa shape index (κ3) is 5.01. The van der Waals surface area contributed by atoms with Crippen LogP contribution in [0.3, 0.4) is 0 Å². The number of piperidine rings is 1. The molecule has 2 fully saturated rings. The summed E-state index contributed by atoms with van der Waals surface area (Å²) in [6.07, 6.45) is 4.08. The predicted molar refractivity (Wildman–Crippen MR) is 102 cm³/mol. The highest BCUT2D eigenvalue weighted by atomic mass is 16.5. The predicted octanol–water partition coefficient (Wildman–Crippen LogP) is 2.51. The molecule has 1 unspecified atom stereocenters. The van der Waals surface area contributed by atoms with Gasteiger partial charge in [0.25, 0.3) is 0 Å². The van der Waals surface area contributed by atoms with E-state index in [9.17, 15) is 9.59 Å². The quantitative estimate of drug-likeness (QED) is 0.860. The van der Waals surface area contributed by atoms with E-state index in [0.29, 0.717) is 25.5 Å². The number of hydrogen-bond donors (Lipinski definition) is 1. The van der Waals surface area contributed by atoms with Crippen LogP contribution in [0.5, 0.6) is 5.75 Å². The van der Waals surface area contributed by atoms with Gasteiger partial charge in [-0.3, -0.25) is 9.59 Å². The number of ether oxygens (including phenoxy) is 2. The van der Waals surface area contributed by atoms with Crippen LogP contribution in [0.15, 0.2) is 24.3 Å². The maximum absolute atomic E-state index is 12.5. The summed E-state index contributed by atoms with van der Waals surface area (Å²) in [5.74, 6) is 1.33. The van der Waals surface area contributed by atoms with Gasteiger partial charge in [-0.15, -0.1) is 0 Å². The zero-order chi connectivity index (χ0) is 19.3. The monoisotopic (exact) mass is 374 g/mol. The number of amides is 2. The lowest BCUT2D eigenvalue weighted by molar-refractivity contribution is -0.147. The largest absolute Gasteiger partial charge is 0.496 e. The summed E-state index contributed by atoms with van der Waals surface area (Å²) in [6, 6.07) is 7.73. The van der Waals surface area contributed by atoms with E-state index in [0.717, 1.165) is 50.1 Å². The fourth-order valence-electron chi connectivity index (χ4n) is 4.26. The van der Waals surface area contributed by atoms with E-state index >= 15 is 0 Å². The first-order valence-corrected chi connectivity index (χ1v) is 9.79. The molecule has 148 valence electrons. The lowest BCUT2D eigenvalue weighted by Crippen LogP contribution is -2.50. The minimum atomic E-state index is -0.155. The van der Waals surface area contributed by atoms with E-state index in [1.54, 1.807) is 14.0 Å². The Balaban J connectivity index is 1.49. The van der Waals surface area contributed by atoms with E-state index in [2.05, 4.69) is 5.32 Å². The molecule has 2 aliphatic heterocycles. The molecule has 2 aliphatic rings. The highest BCUT2D eigenvalue weighted by Crippen LogP contribution is 2.38. The van der Waals surface area contributed by atoms with Crippen molar-refractivity contribution in [2.24, 2.45) is 5.92 Å². The molecule has 1 aromatic carbocycles. The fraction of sp³-hybridized carbons (Fsp3) is 0.619. The number of nitrogens with one attached hydrogen (secondary N) is 1. The molecule has 1 atom stereocenters.